The molecule has 0 aromatic carbocycles. The van der Waals surface area contributed by atoms with Crippen LogP contribution in [0.25, 0.3) is 0 Å². The molecule has 2 aliphatic rings. The Hall–Kier alpha value is -1.69. The molecule has 3 rings (SSSR count). The van der Waals surface area contributed by atoms with E-state index in [1.807, 2.05) is 11.0 Å². The highest BCUT2D eigenvalue weighted by atomic mass is 16.2. The lowest BCUT2D eigenvalue weighted by Gasteiger charge is -2.34. The Balaban J connectivity index is 1.48. The predicted octanol–water partition coefficient (Wildman–Crippen LogP) is 2.27. The quantitative estimate of drug-likeness (QED) is 0.793. The van der Waals surface area contributed by atoms with Gasteiger partial charge in [0.1, 0.15) is 0 Å². The van der Waals surface area contributed by atoms with Crippen LogP contribution in [0.2, 0.25) is 0 Å². The monoisotopic (exact) mass is 374 g/mol. The highest BCUT2D eigenvalue weighted by molar-refractivity contribution is 5.76. The number of carbonyl (C=O) groups excluding carboxylic acids is 1. The molecule has 0 aliphatic carbocycles. The van der Waals surface area contributed by atoms with E-state index in [1.165, 1.54) is 0 Å². The highest BCUT2D eigenvalue weighted by Crippen LogP contribution is 2.21. The molecule has 0 saturated carbocycles. The highest BCUT2D eigenvalue weighted by Gasteiger charge is 2.23. The van der Waals surface area contributed by atoms with E-state index in [-0.39, 0.29) is 11.0 Å². The molecule has 2 fully saturated rings. The molecule has 1 aromatic rings. The van der Waals surface area contributed by atoms with Gasteiger partial charge in [0.05, 0.1) is 5.69 Å². The Labute approximate surface area is 162 Å². The molecule has 0 bridgehead atoms. The molecular weight excluding hydrogens is 340 g/mol. The van der Waals surface area contributed by atoms with E-state index in [0.29, 0.717) is 18.4 Å². The normalized spacial score (nSPS) is 20.3. The zero-order chi connectivity index (χ0) is 19.4. The van der Waals surface area contributed by atoms with E-state index < -0.39 is 0 Å². The van der Waals surface area contributed by atoms with E-state index in [9.17, 15) is 9.59 Å². The third-order valence-electron chi connectivity index (χ3n) is 5.88. The Morgan fingerprint density at radius 3 is 2.44 bits per heavy atom. The minimum absolute atomic E-state index is 0.00552. The van der Waals surface area contributed by atoms with E-state index in [0.717, 1.165) is 70.5 Å². The zero-order valence-corrected chi connectivity index (χ0v) is 17.1. The molecule has 1 amide bonds. The fourth-order valence-electron chi connectivity index (χ4n) is 3.98. The lowest BCUT2D eigenvalue weighted by atomic mass is 9.92. The van der Waals surface area contributed by atoms with E-state index >= 15 is 0 Å². The summed E-state index contributed by atoms with van der Waals surface area (Å²) < 4.78 is 1.66. The molecule has 0 unspecified atom stereocenters. The van der Waals surface area contributed by atoms with Crippen LogP contribution in [0.4, 0.5) is 0 Å². The number of aromatic nitrogens is 2. The Morgan fingerprint density at radius 2 is 1.78 bits per heavy atom. The first-order chi connectivity index (χ1) is 12.8. The fourth-order valence-corrected chi connectivity index (χ4v) is 3.98. The van der Waals surface area contributed by atoms with Gasteiger partial charge in [-0.25, -0.2) is 4.68 Å². The lowest BCUT2D eigenvalue weighted by Crippen LogP contribution is -2.44. The number of hydrogen-bond acceptors (Lipinski definition) is 4. The number of nitrogens with zero attached hydrogens (tertiary/aromatic N) is 4. The van der Waals surface area contributed by atoms with Gasteiger partial charge in [-0.1, -0.05) is 20.8 Å². The maximum Gasteiger partial charge on any atom is 0.266 e. The third-order valence-corrected chi connectivity index (χ3v) is 5.88. The number of amides is 1. The molecule has 2 saturated heterocycles. The van der Waals surface area contributed by atoms with Crippen molar-refractivity contribution in [1.82, 2.24) is 19.6 Å². The molecular formula is C21H34N4O2. The van der Waals surface area contributed by atoms with Crippen LogP contribution < -0.4 is 5.56 Å². The number of piperidine rings is 2. The first-order valence-electron chi connectivity index (χ1n) is 10.4. The number of likely N-dealkylation sites (tertiary alicyclic amines) is 2. The molecule has 6 heteroatoms. The molecule has 6 nitrogen and oxygen atoms in total. The lowest BCUT2D eigenvalue weighted by molar-refractivity contribution is -0.133. The van der Waals surface area contributed by atoms with E-state index in [2.05, 4.69) is 30.8 Å². The van der Waals surface area contributed by atoms with Crippen LogP contribution in [0.15, 0.2) is 16.9 Å². The van der Waals surface area contributed by atoms with Crippen molar-refractivity contribution in [2.45, 2.75) is 64.8 Å². The summed E-state index contributed by atoms with van der Waals surface area (Å²) in [6, 6.07) is 3.50. The van der Waals surface area contributed by atoms with Gasteiger partial charge in [-0.3, -0.25) is 9.59 Å². The molecule has 0 atom stereocenters. The second-order valence-electron chi connectivity index (χ2n) is 9.11. The van der Waals surface area contributed by atoms with Crippen LogP contribution >= 0.6 is 0 Å². The standard InChI is InChI=1S/C21H34N4O2/c1-21(2,3)18-7-8-20(27)25(22-18)16-17-9-12-23(13-10-17)14-15-24-11-5-4-6-19(24)26/h7-8,17H,4-6,9-16H2,1-3H3. The van der Waals surface area contributed by atoms with Crippen molar-refractivity contribution in [3.05, 3.63) is 28.2 Å². The second-order valence-corrected chi connectivity index (χ2v) is 9.11. The maximum atomic E-state index is 12.2. The number of rotatable bonds is 5. The largest absolute Gasteiger partial charge is 0.341 e. The summed E-state index contributed by atoms with van der Waals surface area (Å²) in [5, 5.41) is 4.61. The van der Waals surface area contributed by atoms with Crippen molar-refractivity contribution < 1.29 is 4.79 Å². The first-order valence-corrected chi connectivity index (χ1v) is 10.4. The van der Waals surface area contributed by atoms with Gasteiger partial charge >= 0.3 is 0 Å². The van der Waals surface area contributed by atoms with Gasteiger partial charge in [-0.2, -0.15) is 5.10 Å². The minimum Gasteiger partial charge on any atom is -0.341 e. The minimum atomic E-state index is -0.0509. The summed E-state index contributed by atoms with van der Waals surface area (Å²) in [5.41, 5.74) is 0.907. The van der Waals surface area contributed by atoms with Crippen LogP contribution in [-0.2, 0) is 16.8 Å². The molecule has 0 spiro atoms. The van der Waals surface area contributed by atoms with Crippen LogP contribution in [-0.4, -0.2) is 58.2 Å². The Morgan fingerprint density at radius 1 is 1.04 bits per heavy atom. The first kappa shape index (κ1) is 20.1. The van der Waals surface area contributed by atoms with E-state index in [4.69, 9.17) is 0 Å². The summed E-state index contributed by atoms with van der Waals surface area (Å²) in [4.78, 5) is 28.6. The van der Waals surface area contributed by atoms with Crippen molar-refractivity contribution in [1.29, 1.82) is 0 Å². The maximum absolute atomic E-state index is 12.2. The van der Waals surface area contributed by atoms with Crippen LogP contribution in [0.3, 0.4) is 0 Å². The topological polar surface area (TPSA) is 58.4 Å². The SMILES string of the molecule is CC(C)(C)c1ccc(=O)n(CC2CCN(CCN3CCCCC3=O)CC2)n1. The van der Waals surface area contributed by atoms with Gasteiger partial charge in [0.25, 0.3) is 5.56 Å². The van der Waals surface area contributed by atoms with Crippen LogP contribution in [0, 0.1) is 5.92 Å². The third kappa shape index (κ3) is 5.41. The number of hydrogen-bond donors (Lipinski definition) is 0. The molecule has 150 valence electrons. The van der Waals surface area contributed by atoms with Gasteiger partial charge < -0.3 is 9.80 Å². The molecule has 2 aliphatic heterocycles. The second kappa shape index (κ2) is 8.55. The van der Waals surface area contributed by atoms with Gasteiger partial charge in [-0.15, -0.1) is 0 Å². The molecule has 0 radical (unpaired) electrons. The average molecular weight is 375 g/mol. The van der Waals surface area contributed by atoms with Crippen molar-refractivity contribution in [3.8, 4) is 0 Å². The van der Waals surface area contributed by atoms with Gasteiger partial charge in [-0.05, 0) is 50.8 Å². The van der Waals surface area contributed by atoms with Crippen LogP contribution in [0.1, 0.15) is 58.6 Å². The van der Waals surface area contributed by atoms with Gasteiger partial charge in [0.2, 0.25) is 5.91 Å². The summed E-state index contributed by atoms with van der Waals surface area (Å²) in [6.45, 7) is 11.9. The molecule has 1 aromatic heterocycles. The number of carbonyl (C=O) groups is 1. The smallest absolute Gasteiger partial charge is 0.266 e. The summed E-state index contributed by atoms with van der Waals surface area (Å²) in [5.74, 6) is 0.818. The predicted molar refractivity (Wildman–Crippen MR) is 107 cm³/mol. The van der Waals surface area contributed by atoms with Gasteiger partial charge in [0.15, 0.2) is 0 Å². The van der Waals surface area contributed by atoms with Crippen LogP contribution in [0.5, 0.6) is 0 Å². The zero-order valence-electron chi connectivity index (χ0n) is 17.1. The molecule has 27 heavy (non-hydrogen) atoms. The Bertz CT molecular complexity index is 699. The summed E-state index contributed by atoms with van der Waals surface area (Å²) in [7, 11) is 0. The van der Waals surface area contributed by atoms with Crippen molar-refractivity contribution in [2.24, 2.45) is 5.92 Å². The molecule has 0 N–H and O–H groups in total. The summed E-state index contributed by atoms with van der Waals surface area (Å²) >= 11 is 0. The summed E-state index contributed by atoms with van der Waals surface area (Å²) in [6.07, 6.45) is 5.08. The fraction of sp³-hybridized carbons (Fsp3) is 0.762. The molecule has 3 heterocycles. The Kier molecular flexibility index (Phi) is 6.35. The van der Waals surface area contributed by atoms with Crippen molar-refractivity contribution in [3.63, 3.8) is 0 Å². The van der Waals surface area contributed by atoms with Gasteiger partial charge in [0, 0.05) is 44.1 Å². The van der Waals surface area contributed by atoms with Crippen molar-refractivity contribution in [2.75, 3.05) is 32.7 Å². The average Bonchev–Trinajstić information content (AvgIpc) is 2.63. The van der Waals surface area contributed by atoms with E-state index in [1.54, 1.807) is 10.7 Å². The van der Waals surface area contributed by atoms with Crippen molar-refractivity contribution >= 4 is 5.91 Å².